The number of aryl methyl sites for hydroxylation is 1. The van der Waals surface area contributed by atoms with Gasteiger partial charge in [0.15, 0.2) is 5.96 Å². The maximum Gasteiger partial charge on any atom is 0.193 e. The summed E-state index contributed by atoms with van der Waals surface area (Å²) in [5.74, 6) is 0.970. The molecular formula is C18H33N5. The molecule has 0 aliphatic heterocycles. The van der Waals surface area contributed by atoms with Crippen LogP contribution in [0.1, 0.15) is 37.8 Å². The normalized spacial score (nSPS) is 18.3. The highest BCUT2D eigenvalue weighted by Gasteiger charge is 2.34. The van der Waals surface area contributed by atoms with E-state index in [4.69, 9.17) is 0 Å². The average molecular weight is 319 g/mol. The highest BCUT2D eigenvalue weighted by Crippen LogP contribution is 2.31. The topological polar surface area (TPSA) is 35.8 Å². The molecule has 1 heterocycles. The lowest BCUT2D eigenvalue weighted by atomic mass is 9.80. The summed E-state index contributed by atoms with van der Waals surface area (Å²) in [5.41, 5.74) is 1.55. The molecule has 2 rings (SSSR count). The maximum absolute atomic E-state index is 4.48. The van der Waals surface area contributed by atoms with E-state index in [1.807, 2.05) is 7.05 Å². The lowest BCUT2D eigenvalue weighted by Crippen LogP contribution is -2.55. The van der Waals surface area contributed by atoms with Crippen LogP contribution >= 0.6 is 0 Å². The predicted molar refractivity (Wildman–Crippen MR) is 97.7 cm³/mol. The zero-order valence-electron chi connectivity index (χ0n) is 15.5. The molecule has 1 fully saturated rings. The van der Waals surface area contributed by atoms with Crippen LogP contribution in [-0.4, -0.2) is 60.6 Å². The van der Waals surface area contributed by atoms with Crippen molar-refractivity contribution in [1.29, 1.82) is 0 Å². The van der Waals surface area contributed by atoms with E-state index in [0.29, 0.717) is 0 Å². The monoisotopic (exact) mass is 319 g/mol. The van der Waals surface area contributed by atoms with E-state index in [1.165, 1.54) is 37.8 Å². The first kappa shape index (κ1) is 17.9. The molecule has 1 aliphatic rings. The number of aliphatic imine (C=N–C) groups is 1. The van der Waals surface area contributed by atoms with Crippen LogP contribution in [0, 0.1) is 0 Å². The first-order chi connectivity index (χ1) is 11.0. The van der Waals surface area contributed by atoms with Crippen molar-refractivity contribution in [3.05, 3.63) is 24.0 Å². The summed E-state index contributed by atoms with van der Waals surface area (Å²) in [5, 5.41) is 3.62. The van der Waals surface area contributed by atoms with E-state index in [9.17, 15) is 0 Å². The predicted octanol–water partition coefficient (Wildman–Crippen LogP) is 2.30. The van der Waals surface area contributed by atoms with Crippen LogP contribution in [0.4, 0.5) is 0 Å². The lowest BCUT2D eigenvalue weighted by molar-refractivity contribution is 0.103. The fraction of sp³-hybridized carbons (Fsp3) is 0.722. The van der Waals surface area contributed by atoms with Gasteiger partial charge in [-0.2, -0.15) is 0 Å². The first-order valence-corrected chi connectivity index (χ1v) is 8.68. The molecule has 1 saturated carbocycles. The van der Waals surface area contributed by atoms with Crippen molar-refractivity contribution < 1.29 is 0 Å². The minimum Gasteiger partial charge on any atom is -0.354 e. The highest BCUT2D eigenvalue weighted by atomic mass is 15.3. The fourth-order valence-corrected chi connectivity index (χ4v) is 3.60. The number of hydrogen-bond acceptors (Lipinski definition) is 2. The third-order valence-corrected chi connectivity index (χ3v) is 5.33. The number of guanidine groups is 1. The molecule has 130 valence electrons. The zero-order chi connectivity index (χ0) is 16.9. The first-order valence-electron chi connectivity index (χ1n) is 8.68. The van der Waals surface area contributed by atoms with Crippen molar-refractivity contribution in [3.63, 3.8) is 0 Å². The third-order valence-electron chi connectivity index (χ3n) is 5.33. The van der Waals surface area contributed by atoms with Gasteiger partial charge in [-0.3, -0.25) is 4.99 Å². The van der Waals surface area contributed by atoms with E-state index in [1.54, 1.807) is 0 Å². The lowest BCUT2D eigenvalue weighted by Gasteiger charge is -2.43. The van der Waals surface area contributed by atoms with Gasteiger partial charge >= 0.3 is 0 Å². The maximum atomic E-state index is 4.48. The molecule has 0 unspecified atom stereocenters. The van der Waals surface area contributed by atoms with E-state index in [-0.39, 0.29) is 5.54 Å². The molecule has 1 aliphatic carbocycles. The van der Waals surface area contributed by atoms with E-state index in [0.717, 1.165) is 19.0 Å². The van der Waals surface area contributed by atoms with Gasteiger partial charge in [0.2, 0.25) is 0 Å². The van der Waals surface area contributed by atoms with Crippen LogP contribution in [0.2, 0.25) is 0 Å². The summed E-state index contributed by atoms with van der Waals surface area (Å²) in [6.07, 6.45) is 8.66. The molecule has 0 saturated heterocycles. The Labute approximate surface area is 141 Å². The van der Waals surface area contributed by atoms with Crippen molar-refractivity contribution in [3.8, 4) is 0 Å². The minimum atomic E-state index is 0.264. The number of rotatable bonds is 5. The van der Waals surface area contributed by atoms with Gasteiger partial charge in [0.1, 0.15) is 0 Å². The molecule has 0 amide bonds. The Morgan fingerprint density at radius 2 is 1.96 bits per heavy atom. The molecule has 5 nitrogen and oxygen atoms in total. The van der Waals surface area contributed by atoms with E-state index in [2.05, 4.69) is 71.2 Å². The molecule has 0 radical (unpaired) electrons. The van der Waals surface area contributed by atoms with Crippen LogP contribution in [0.25, 0.3) is 0 Å². The number of nitrogens with zero attached hydrogens (tertiary/aromatic N) is 4. The molecule has 1 aromatic rings. The number of hydrogen-bond donors (Lipinski definition) is 1. The summed E-state index contributed by atoms with van der Waals surface area (Å²) < 4.78 is 2.16. The molecule has 0 aromatic carbocycles. The number of likely N-dealkylation sites (N-methyl/N-ethyl adjacent to an activating group) is 1. The van der Waals surface area contributed by atoms with Crippen molar-refractivity contribution in [1.82, 2.24) is 19.7 Å². The summed E-state index contributed by atoms with van der Waals surface area (Å²) in [6, 6.07) is 4.24. The Hall–Kier alpha value is -1.49. The van der Waals surface area contributed by atoms with Crippen LogP contribution < -0.4 is 5.32 Å². The number of aromatic nitrogens is 1. The molecule has 5 heteroatoms. The Morgan fingerprint density at radius 1 is 1.26 bits per heavy atom. The van der Waals surface area contributed by atoms with Crippen LogP contribution in [0.5, 0.6) is 0 Å². The second-order valence-corrected chi connectivity index (χ2v) is 7.05. The van der Waals surface area contributed by atoms with Gasteiger partial charge in [0.25, 0.3) is 0 Å². The van der Waals surface area contributed by atoms with Crippen LogP contribution in [-0.2, 0) is 13.6 Å². The molecule has 0 atom stereocenters. The van der Waals surface area contributed by atoms with Gasteiger partial charge in [0, 0.05) is 45.1 Å². The summed E-state index contributed by atoms with van der Waals surface area (Å²) in [7, 11) is 10.5. The standard InChI is InChI=1S/C18H33N5/c1-19-17(23(5)14-16-10-9-13-22(16)4)20-15-18(21(2)3)11-7-6-8-12-18/h9-10,13H,6-8,11-12,14-15H2,1-5H3,(H,19,20). The smallest absolute Gasteiger partial charge is 0.193 e. The van der Waals surface area contributed by atoms with E-state index < -0.39 is 0 Å². The molecule has 0 spiro atoms. The van der Waals surface area contributed by atoms with Crippen molar-refractivity contribution in [2.45, 2.75) is 44.2 Å². The van der Waals surface area contributed by atoms with Crippen molar-refractivity contribution in [2.75, 3.05) is 34.7 Å². The van der Waals surface area contributed by atoms with Crippen molar-refractivity contribution in [2.24, 2.45) is 12.0 Å². The Bertz CT molecular complexity index is 511. The fourth-order valence-electron chi connectivity index (χ4n) is 3.60. The number of nitrogens with one attached hydrogen (secondary N) is 1. The van der Waals surface area contributed by atoms with Crippen molar-refractivity contribution >= 4 is 5.96 Å². The quantitative estimate of drug-likeness (QED) is 0.668. The van der Waals surface area contributed by atoms with Gasteiger partial charge in [-0.15, -0.1) is 0 Å². The van der Waals surface area contributed by atoms with E-state index >= 15 is 0 Å². The second kappa shape index (κ2) is 7.86. The van der Waals surface area contributed by atoms with Crippen LogP contribution in [0.15, 0.2) is 23.3 Å². The molecule has 23 heavy (non-hydrogen) atoms. The zero-order valence-corrected chi connectivity index (χ0v) is 15.5. The van der Waals surface area contributed by atoms with Gasteiger partial charge in [-0.25, -0.2) is 0 Å². The Kier molecular flexibility index (Phi) is 6.10. The van der Waals surface area contributed by atoms with Gasteiger partial charge in [0.05, 0.1) is 6.54 Å². The Morgan fingerprint density at radius 3 is 2.48 bits per heavy atom. The second-order valence-electron chi connectivity index (χ2n) is 7.05. The van der Waals surface area contributed by atoms with Crippen LogP contribution in [0.3, 0.4) is 0 Å². The summed E-state index contributed by atoms with van der Waals surface area (Å²) >= 11 is 0. The molecular weight excluding hydrogens is 286 g/mol. The molecule has 1 aromatic heterocycles. The average Bonchev–Trinajstić information content (AvgIpc) is 2.93. The summed E-state index contributed by atoms with van der Waals surface area (Å²) in [6.45, 7) is 1.82. The third kappa shape index (κ3) is 4.28. The Balaban J connectivity index is 1.97. The summed E-state index contributed by atoms with van der Waals surface area (Å²) in [4.78, 5) is 9.08. The minimum absolute atomic E-state index is 0.264. The highest BCUT2D eigenvalue weighted by molar-refractivity contribution is 5.79. The molecule has 1 N–H and O–H groups in total. The van der Waals surface area contributed by atoms with Gasteiger partial charge in [-0.1, -0.05) is 19.3 Å². The van der Waals surface area contributed by atoms with Gasteiger partial charge < -0.3 is 19.7 Å². The largest absolute Gasteiger partial charge is 0.354 e. The van der Waals surface area contributed by atoms with Gasteiger partial charge in [-0.05, 0) is 39.1 Å². The SMILES string of the molecule is CN=C(NCC1(N(C)C)CCCCC1)N(C)Cc1cccn1C. The molecule has 0 bridgehead atoms.